The van der Waals surface area contributed by atoms with E-state index in [0.29, 0.717) is 24.3 Å². The van der Waals surface area contributed by atoms with Gasteiger partial charge in [-0.15, -0.1) is 0 Å². The molecule has 0 saturated carbocycles. The monoisotopic (exact) mass is 429 g/mol. The van der Waals surface area contributed by atoms with Gasteiger partial charge in [-0.2, -0.15) is 0 Å². The van der Waals surface area contributed by atoms with E-state index in [1.165, 1.54) is 42.2 Å². The number of hydrogen-bond acceptors (Lipinski definition) is 5. The van der Waals surface area contributed by atoms with Crippen molar-refractivity contribution in [2.75, 3.05) is 17.2 Å². The van der Waals surface area contributed by atoms with Gasteiger partial charge in [0.15, 0.2) is 5.82 Å². The molecule has 0 radical (unpaired) electrons. The van der Waals surface area contributed by atoms with E-state index in [2.05, 4.69) is 15.6 Å². The van der Waals surface area contributed by atoms with Crippen LogP contribution in [-0.2, 0) is 11.9 Å². The SMILES string of the molecule is Cc1cc(F)c(NC(=O)N2OCC[C@@H]2C)cc1Nc1ccc2ncn(C)c(=O)c2c1F. The van der Waals surface area contributed by atoms with Crippen LogP contribution in [0.5, 0.6) is 0 Å². The highest BCUT2D eigenvalue weighted by molar-refractivity contribution is 5.90. The zero-order valence-corrected chi connectivity index (χ0v) is 17.2. The predicted octanol–water partition coefficient (Wildman–Crippen LogP) is 3.82. The molecule has 1 aliphatic heterocycles. The zero-order valence-electron chi connectivity index (χ0n) is 17.2. The van der Waals surface area contributed by atoms with Crippen molar-refractivity contribution >= 4 is 34.0 Å². The summed E-state index contributed by atoms with van der Waals surface area (Å²) in [6.45, 7) is 3.88. The highest BCUT2D eigenvalue weighted by atomic mass is 19.1. The average Bonchev–Trinajstić information content (AvgIpc) is 3.16. The molecule has 1 saturated heterocycles. The lowest BCUT2D eigenvalue weighted by Crippen LogP contribution is -2.36. The van der Waals surface area contributed by atoms with Gasteiger partial charge in [0.1, 0.15) is 11.2 Å². The third-order valence-corrected chi connectivity index (χ3v) is 5.22. The Morgan fingerprint density at radius 1 is 1.23 bits per heavy atom. The Labute approximate surface area is 176 Å². The Kier molecular flexibility index (Phi) is 5.32. The van der Waals surface area contributed by atoms with Crippen molar-refractivity contribution in [1.82, 2.24) is 14.6 Å². The van der Waals surface area contributed by atoms with Crippen LogP contribution in [0.1, 0.15) is 18.9 Å². The first-order valence-electron chi connectivity index (χ1n) is 9.70. The van der Waals surface area contributed by atoms with E-state index in [1.807, 2.05) is 6.92 Å². The molecule has 0 bridgehead atoms. The van der Waals surface area contributed by atoms with Crippen LogP contribution in [0.15, 0.2) is 35.4 Å². The summed E-state index contributed by atoms with van der Waals surface area (Å²) in [6, 6.07) is 4.85. The number of aryl methyl sites for hydroxylation is 2. The van der Waals surface area contributed by atoms with Crippen LogP contribution in [0.2, 0.25) is 0 Å². The molecule has 1 fully saturated rings. The van der Waals surface area contributed by atoms with Gasteiger partial charge >= 0.3 is 6.03 Å². The molecule has 0 unspecified atom stereocenters. The smallest absolute Gasteiger partial charge is 0.346 e. The number of amides is 2. The number of hydrogen-bond donors (Lipinski definition) is 2. The van der Waals surface area contributed by atoms with E-state index in [0.717, 1.165) is 5.06 Å². The Balaban J connectivity index is 1.67. The first-order valence-corrected chi connectivity index (χ1v) is 9.70. The molecule has 31 heavy (non-hydrogen) atoms. The van der Waals surface area contributed by atoms with E-state index in [9.17, 15) is 14.0 Å². The summed E-state index contributed by atoms with van der Waals surface area (Å²) in [5.74, 6) is -1.40. The minimum atomic E-state index is -0.764. The third kappa shape index (κ3) is 3.81. The van der Waals surface area contributed by atoms with Crippen LogP contribution >= 0.6 is 0 Å². The quantitative estimate of drug-likeness (QED) is 0.661. The van der Waals surface area contributed by atoms with Gasteiger partial charge in [0.05, 0.1) is 35.9 Å². The van der Waals surface area contributed by atoms with Gasteiger partial charge in [-0.3, -0.25) is 9.63 Å². The largest absolute Gasteiger partial charge is 0.353 e. The van der Waals surface area contributed by atoms with Crippen molar-refractivity contribution in [3.05, 3.63) is 58.1 Å². The summed E-state index contributed by atoms with van der Waals surface area (Å²) < 4.78 is 30.7. The van der Waals surface area contributed by atoms with Gasteiger partial charge in [-0.1, -0.05) is 0 Å². The van der Waals surface area contributed by atoms with Crippen molar-refractivity contribution < 1.29 is 18.4 Å². The van der Waals surface area contributed by atoms with Crippen LogP contribution in [0.4, 0.5) is 30.6 Å². The van der Waals surface area contributed by atoms with Gasteiger partial charge in [0.25, 0.3) is 5.56 Å². The van der Waals surface area contributed by atoms with Gasteiger partial charge < -0.3 is 15.2 Å². The maximum atomic E-state index is 15.1. The molecular weight excluding hydrogens is 408 g/mol. The lowest BCUT2D eigenvalue weighted by Gasteiger charge is -2.20. The van der Waals surface area contributed by atoms with Crippen LogP contribution in [-0.4, -0.2) is 33.3 Å². The van der Waals surface area contributed by atoms with E-state index < -0.39 is 23.2 Å². The topological polar surface area (TPSA) is 88.5 Å². The molecule has 4 rings (SSSR count). The van der Waals surface area contributed by atoms with Gasteiger partial charge in [-0.05, 0) is 50.1 Å². The molecule has 8 nitrogen and oxygen atoms in total. The maximum absolute atomic E-state index is 15.1. The van der Waals surface area contributed by atoms with E-state index in [1.54, 1.807) is 6.92 Å². The highest BCUT2D eigenvalue weighted by Crippen LogP contribution is 2.30. The second kappa shape index (κ2) is 7.95. The van der Waals surface area contributed by atoms with Crippen molar-refractivity contribution in [2.45, 2.75) is 26.3 Å². The molecule has 3 aromatic rings. The first kappa shape index (κ1) is 20.7. The molecule has 2 N–H and O–H groups in total. The summed E-state index contributed by atoms with van der Waals surface area (Å²) in [5.41, 5.74) is 0.510. The van der Waals surface area contributed by atoms with Gasteiger partial charge in [0.2, 0.25) is 0 Å². The number of nitrogens with one attached hydrogen (secondary N) is 2. The Morgan fingerprint density at radius 2 is 2.00 bits per heavy atom. The molecule has 1 atom stereocenters. The minimum absolute atomic E-state index is 0.0288. The molecule has 2 heterocycles. The van der Waals surface area contributed by atoms with Crippen LogP contribution < -0.4 is 16.2 Å². The van der Waals surface area contributed by atoms with Crippen LogP contribution in [0.3, 0.4) is 0 Å². The summed E-state index contributed by atoms with van der Waals surface area (Å²) >= 11 is 0. The lowest BCUT2D eigenvalue weighted by molar-refractivity contribution is -0.0788. The van der Waals surface area contributed by atoms with E-state index in [4.69, 9.17) is 4.84 Å². The predicted molar refractivity (Wildman–Crippen MR) is 112 cm³/mol. The van der Waals surface area contributed by atoms with Crippen molar-refractivity contribution in [2.24, 2.45) is 7.05 Å². The molecule has 2 aromatic carbocycles. The third-order valence-electron chi connectivity index (χ3n) is 5.22. The first-order chi connectivity index (χ1) is 14.8. The molecule has 1 aliphatic rings. The Bertz CT molecular complexity index is 1240. The van der Waals surface area contributed by atoms with Gasteiger partial charge in [0, 0.05) is 12.7 Å². The fraction of sp³-hybridized carbons (Fsp3) is 0.286. The fourth-order valence-corrected chi connectivity index (χ4v) is 3.39. The second-order valence-corrected chi connectivity index (χ2v) is 7.48. The van der Waals surface area contributed by atoms with Crippen molar-refractivity contribution in [1.29, 1.82) is 0 Å². The van der Waals surface area contributed by atoms with E-state index >= 15 is 4.39 Å². The number of halogens is 2. The summed E-state index contributed by atoms with van der Waals surface area (Å²) in [7, 11) is 1.48. The number of urea groups is 1. The number of fused-ring (bicyclic) bond motifs is 1. The Hall–Kier alpha value is -3.53. The van der Waals surface area contributed by atoms with Crippen molar-refractivity contribution in [3.63, 3.8) is 0 Å². The number of hydroxylamine groups is 2. The fourth-order valence-electron chi connectivity index (χ4n) is 3.39. The highest BCUT2D eigenvalue weighted by Gasteiger charge is 2.27. The van der Waals surface area contributed by atoms with Crippen LogP contribution in [0, 0.1) is 18.6 Å². The second-order valence-electron chi connectivity index (χ2n) is 7.48. The number of carbonyl (C=O) groups excluding carboxylic acids is 1. The number of benzene rings is 2. The zero-order chi connectivity index (χ0) is 22.3. The number of aromatic nitrogens is 2. The summed E-state index contributed by atoms with van der Waals surface area (Å²) in [5, 5.41) is 6.39. The number of rotatable bonds is 3. The standard InChI is InChI=1S/C21H21F2N5O3/c1-11-8-13(22)17(26-21(30)28-12(2)6-7-31-28)9-16(11)25-15-5-4-14-18(19(15)23)20(29)27(3)10-24-14/h4-5,8-10,12,25H,6-7H2,1-3H3,(H,26,30)/t12-/m0/s1. The normalized spacial score (nSPS) is 16.0. The molecule has 1 aromatic heterocycles. The number of nitrogens with zero attached hydrogens (tertiary/aromatic N) is 3. The summed E-state index contributed by atoms with van der Waals surface area (Å²) in [6.07, 6.45) is 2.01. The van der Waals surface area contributed by atoms with Gasteiger partial charge in [-0.25, -0.2) is 23.6 Å². The number of anilines is 3. The molecule has 10 heteroatoms. The maximum Gasteiger partial charge on any atom is 0.346 e. The molecule has 2 amide bonds. The molecular formula is C21H21F2N5O3. The Morgan fingerprint density at radius 3 is 2.71 bits per heavy atom. The average molecular weight is 429 g/mol. The summed E-state index contributed by atoms with van der Waals surface area (Å²) in [4.78, 5) is 34.0. The molecule has 0 aliphatic carbocycles. The number of carbonyl (C=O) groups is 1. The van der Waals surface area contributed by atoms with Crippen LogP contribution in [0.25, 0.3) is 10.9 Å². The molecule has 162 valence electrons. The van der Waals surface area contributed by atoms with Crippen molar-refractivity contribution in [3.8, 4) is 0 Å². The lowest BCUT2D eigenvalue weighted by atomic mass is 10.1. The van der Waals surface area contributed by atoms with E-state index in [-0.39, 0.29) is 28.3 Å². The molecule has 0 spiro atoms. The minimum Gasteiger partial charge on any atom is -0.353 e.